The zero-order chi connectivity index (χ0) is 15.6. The van der Waals surface area contributed by atoms with Gasteiger partial charge in [0.15, 0.2) is 0 Å². The molecule has 2 fully saturated rings. The Hall–Kier alpha value is -1.33. The van der Waals surface area contributed by atoms with E-state index < -0.39 is 0 Å². The van der Waals surface area contributed by atoms with Crippen LogP contribution < -0.4 is 10.2 Å². The van der Waals surface area contributed by atoms with Crippen LogP contribution in [0.1, 0.15) is 38.2 Å². The average molecular weight is 305 g/mol. The zero-order valence-electron chi connectivity index (χ0n) is 13.6. The van der Waals surface area contributed by atoms with E-state index in [0.29, 0.717) is 0 Å². The first-order chi connectivity index (χ1) is 10.5. The summed E-state index contributed by atoms with van der Waals surface area (Å²) in [7, 11) is 0. The summed E-state index contributed by atoms with van der Waals surface area (Å²) in [5, 5.41) is 13.3. The number of morpholine rings is 1. The molecule has 2 heterocycles. The monoisotopic (exact) mass is 305 g/mol. The number of rotatable bonds is 3. The zero-order valence-corrected chi connectivity index (χ0v) is 13.6. The fourth-order valence-corrected chi connectivity index (χ4v) is 3.34. The number of nitrogens with zero attached hydrogens (tertiary/aromatic N) is 2. The van der Waals surface area contributed by atoms with Crippen LogP contribution in [-0.2, 0) is 4.74 Å². The number of aliphatic hydroxyl groups excluding tert-OH is 1. The van der Waals surface area contributed by atoms with E-state index in [9.17, 15) is 5.11 Å². The van der Waals surface area contributed by atoms with Crippen LogP contribution in [0, 0.1) is 6.92 Å². The topological polar surface area (TPSA) is 57.6 Å². The summed E-state index contributed by atoms with van der Waals surface area (Å²) < 4.78 is 5.42. The molecule has 2 aliphatic rings. The summed E-state index contributed by atoms with van der Waals surface area (Å²) in [6.07, 6.45) is 3.56. The van der Waals surface area contributed by atoms with Crippen molar-refractivity contribution in [3.05, 3.63) is 17.7 Å². The molecule has 122 valence electrons. The van der Waals surface area contributed by atoms with Gasteiger partial charge < -0.3 is 20.1 Å². The van der Waals surface area contributed by atoms with Gasteiger partial charge >= 0.3 is 0 Å². The second-order valence-electron chi connectivity index (χ2n) is 6.90. The summed E-state index contributed by atoms with van der Waals surface area (Å²) in [4.78, 5) is 7.10. The van der Waals surface area contributed by atoms with Crippen molar-refractivity contribution in [2.24, 2.45) is 0 Å². The summed E-state index contributed by atoms with van der Waals surface area (Å²) in [5.41, 5.74) is 1.25. The number of nitrogens with one attached hydrogen (secondary N) is 1. The van der Waals surface area contributed by atoms with Gasteiger partial charge in [0.2, 0.25) is 0 Å². The molecule has 2 N–H and O–H groups in total. The summed E-state index contributed by atoms with van der Waals surface area (Å²) in [5.74, 6) is 1.98. The SMILES string of the molecule is Cc1cc(NC2(C)CCC(O)CC2)nc(N2CCOCC2)c1. The number of hydrogen-bond donors (Lipinski definition) is 2. The van der Waals surface area contributed by atoms with Gasteiger partial charge in [-0.25, -0.2) is 4.98 Å². The molecule has 0 spiro atoms. The van der Waals surface area contributed by atoms with E-state index >= 15 is 0 Å². The van der Waals surface area contributed by atoms with E-state index in [4.69, 9.17) is 9.72 Å². The maximum absolute atomic E-state index is 9.70. The number of aliphatic hydroxyl groups is 1. The van der Waals surface area contributed by atoms with Gasteiger partial charge in [-0.2, -0.15) is 0 Å². The van der Waals surface area contributed by atoms with Gasteiger partial charge in [-0.3, -0.25) is 0 Å². The molecule has 0 radical (unpaired) electrons. The van der Waals surface area contributed by atoms with Crippen molar-refractivity contribution in [2.75, 3.05) is 36.5 Å². The van der Waals surface area contributed by atoms with Crippen molar-refractivity contribution >= 4 is 11.6 Å². The summed E-state index contributed by atoms with van der Waals surface area (Å²) >= 11 is 0. The molecule has 0 unspecified atom stereocenters. The van der Waals surface area contributed by atoms with Crippen molar-refractivity contribution in [1.82, 2.24) is 4.98 Å². The summed E-state index contributed by atoms with van der Waals surface area (Å²) in [6.45, 7) is 7.70. The predicted molar refractivity (Wildman–Crippen MR) is 88.5 cm³/mol. The maximum Gasteiger partial charge on any atom is 0.131 e. The first-order valence-electron chi connectivity index (χ1n) is 8.32. The molecule has 1 aromatic heterocycles. The number of hydrogen-bond acceptors (Lipinski definition) is 5. The Kier molecular flexibility index (Phi) is 4.54. The van der Waals surface area contributed by atoms with Crippen LogP contribution in [0.2, 0.25) is 0 Å². The fraction of sp³-hybridized carbons (Fsp3) is 0.706. The van der Waals surface area contributed by atoms with Crippen LogP contribution in [0.5, 0.6) is 0 Å². The van der Waals surface area contributed by atoms with E-state index in [1.54, 1.807) is 0 Å². The van der Waals surface area contributed by atoms with Crippen molar-refractivity contribution in [3.63, 3.8) is 0 Å². The highest BCUT2D eigenvalue weighted by Crippen LogP contribution is 2.32. The van der Waals surface area contributed by atoms with Crippen LogP contribution >= 0.6 is 0 Å². The molecule has 1 saturated carbocycles. The molecule has 5 nitrogen and oxygen atoms in total. The quantitative estimate of drug-likeness (QED) is 0.897. The molecule has 1 aliphatic carbocycles. The first-order valence-corrected chi connectivity index (χ1v) is 8.32. The van der Waals surface area contributed by atoms with Crippen LogP contribution in [0.4, 0.5) is 11.6 Å². The molecule has 1 saturated heterocycles. The Morgan fingerprint density at radius 3 is 2.64 bits per heavy atom. The molecule has 1 aromatic rings. The summed E-state index contributed by atoms with van der Waals surface area (Å²) in [6, 6.07) is 4.25. The van der Waals surface area contributed by atoms with Crippen molar-refractivity contribution < 1.29 is 9.84 Å². The molecule has 5 heteroatoms. The Bertz CT molecular complexity index is 507. The molecule has 22 heavy (non-hydrogen) atoms. The molecular formula is C17H27N3O2. The number of aromatic nitrogens is 1. The van der Waals surface area contributed by atoms with Gasteiger partial charge in [0.05, 0.1) is 19.3 Å². The largest absolute Gasteiger partial charge is 0.393 e. The molecule has 1 aliphatic heterocycles. The van der Waals surface area contributed by atoms with Crippen molar-refractivity contribution in [1.29, 1.82) is 0 Å². The Balaban J connectivity index is 1.74. The minimum Gasteiger partial charge on any atom is -0.393 e. The van der Waals surface area contributed by atoms with E-state index in [0.717, 1.165) is 63.6 Å². The van der Waals surface area contributed by atoms with Crippen molar-refractivity contribution in [2.45, 2.75) is 51.2 Å². The minimum atomic E-state index is -0.135. The highest BCUT2D eigenvalue weighted by atomic mass is 16.5. The fourth-order valence-electron chi connectivity index (χ4n) is 3.34. The Morgan fingerprint density at radius 1 is 1.27 bits per heavy atom. The highest BCUT2D eigenvalue weighted by Gasteiger charge is 2.30. The molecule has 3 rings (SSSR count). The third-order valence-corrected chi connectivity index (χ3v) is 4.78. The van der Waals surface area contributed by atoms with Crippen LogP contribution in [0.25, 0.3) is 0 Å². The minimum absolute atomic E-state index is 0.0301. The van der Waals surface area contributed by atoms with E-state index in [1.165, 1.54) is 5.56 Å². The van der Waals surface area contributed by atoms with E-state index in [1.807, 2.05) is 0 Å². The second-order valence-corrected chi connectivity index (χ2v) is 6.90. The van der Waals surface area contributed by atoms with Gasteiger partial charge in [0.25, 0.3) is 0 Å². The Morgan fingerprint density at radius 2 is 1.95 bits per heavy atom. The van der Waals surface area contributed by atoms with Crippen molar-refractivity contribution in [3.8, 4) is 0 Å². The van der Waals surface area contributed by atoms with Gasteiger partial charge in [0, 0.05) is 18.6 Å². The number of pyridine rings is 1. The normalized spacial score (nSPS) is 29.4. The van der Waals surface area contributed by atoms with Gasteiger partial charge in [-0.05, 0) is 57.2 Å². The molecule has 0 aromatic carbocycles. The standard InChI is InChI=1S/C17H27N3O2/c1-13-11-15(19-17(2)5-3-14(21)4-6-17)18-16(12-13)20-7-9-22-10-8-20/h11-12,14,21H,3-10H2,1-2H3,(H,18,19). The van der Waals surface area contributed by atoms with Crippen LogP contribution in [0.15, 0.2) is 12.1 Å². The Labute approximate surface area is 132 Å². The van der Waals surface area contributed by atoms with Gasteiger partial charge in [0.1, 0.15) is 11.6 Å². The van der Waals surface area contributed by atoms with Gasteiger partial charge in [-0.15, -0.1) is 0 Å². The van der Waals surface area contributed by atoms with Crippen LogP contribution in [-0.4, -0.2) is 48.0 Å². The number of aryl methyl sites for hydroxylation is 1. The number of ether oxygens (including phenoxy) is 1. The molecule has 0 amide bonds. The van der Waals surface area contributed by atoms with Gasteiger partial charge in [-0.1, -0.05) is 0 Å². The maximum atomic E-state index is 9.70. The van der Waals surface area contributed by atoms with Crippen LogP contribution in [0.3, 0.4) is 0 Å². The lowest BCUT2D eigenvalue weighted by atomic mass is 9.82. The predicted octanol–water partition coefficient (Wildman–Crippen LogP) is 2.33. The molecule has 0 bridgehead atoms. The lowest BCUT2D eigenvalue weighted by molar-refractivity contribution is 0.108. The lowest BCUT2D eigenvalue weighted by Crippen LogP contribution is -2.41. The first kappa shape index (κ1) is 15.6. The van der Waals surface area contributed by atoms with E-state index in [2.05, 4.69) is 36.2 Å². The highest BCUT2D eigenvalue weighted by molar-refractivity contribution is 5.51. The second kappa shape index (κ2) is 6.42. The van der Waals surface area contributed by atoms with E-state index in [-0.39, 0.29) is 11.6 Å². The molecular weight excluding hydrogens is 278 g/mol. The molecule has 0 atom stereocenters. The third kappa shape index (κ3) is 3.70. The number of anilines is 2. The smallest absolute Gasteiger partial charge is 0.131 e. The lowest BCUT2D eigenvalue weighted by Gasteiger charge is -2.37. The third-order valence-electron chi connectivity index (χ3n) is 4.78. The average Bonchev–Trinajstić information content (AvgIpc) is 2.51.